The van der Waals surface area contributed by atoms with E-state index in [4.69, 9.17) is 11.0 Å². The number of aromatic nitrogens is 4. The molecule has 2 aromatic heterocycles. The first kappa shape index (κ1) is 14.4. The van der Waals surface area contributed by atoms with Crippen LogP contribution in [0.2, 0.25) is 0 Å². The van der Waals surface area contributed by atoms with Crippen LogP contribution in [0.25, 0.3) is 5.82 Å². The van der Waals surface area contributed by atoms with Gasteiger partial charge in [0, 0.05) is 12.1 Å². The Balaban J connectivity index is 0.00000147. The molecule has 20 heavy (non-hydrogen) atoms. The van der Waals surface area contributed by atoms with E-state index in [1.54, 1.807) is 23.0 Å². The molecule has 0 aliphatic heterocycles. The second-order valence-corrected chi connectivity index (χ2v) is 4.79. The minimum absolute atomic E-state index is 0. The van der Waals surface area contributed by atoms with E-state index in [9.17, 15) is 0 Å². The molecule has 6 nitrogen and oxygen atoms in total. The molecule has 1 atom stereocenters. The fraction of sp³-hybridized carbons (Fsp3) is 0.385. The molecule has 0 radical (unpaired) electrons. The van der Waals surface area contributed by atoms with Crippen LogP contribution in [-0.2, 0) is 0 Å². The van der Waals surface area contributed by atoms with Gasteiger partial charge in [-0.3, -0.25) is 0 Å². The number of nitrogens with zero attached hydrogens (tertiary/aromatic N) is 5. The van der Waals surface area contributed by atoms with Crippen molar-refractivity contribution in [2.75, 3.05) is 0 Å². The third-order valence-corrected chi connectivity index (χ3v) is 3.11. The number of hydrogen-bond donors (Lipinski definition) is 1. The molecule has 2 N–H and O–H groups in total. The summed E-state index contributed by atoms with van der Waals surface area (Å²) in [6.07, 6.45) is 3.88. The molecule has 0 unspecified atom stereocenters. The minimum Gasteiger partial charge on any atom is -0.322 e. The fourth-order valence-corrected chi connectivity index (χ4v) is 1.96. The largest absolute Gasteiger partial charge is 0.322 e. The average molecular weight is 291 g/mol. The third-order valence-electron chi connectivity index (χ3n) is 3.11. The van der Waals surface area contributed by atoms with Crippen molar-refractivity contribution in [1.29, 1.82) is 5.26 Å². The lowest BCUT2D eigenvalue weighted by Gasteiger charge is -2.08. The van der Waals surface area contributed by atoms with Gasteiger partial charge in [-0.15, -0.1) is 17.5 Å². The maximum Gasteiger partial charge on any atom is 0.173 e. The number of rotatable bonds is 3. The summed E-state index contributed by atoms with van der Waals surface area (Å²) in [5.41, 5.74) is 6.41. The monoisotopic (exact) mass is 290 g/mol. The zero-order chi connectivity index (χ0) is 13.4. The highest BCUT2D eigenvalue weighted by atomic mass is 35.5. The van der Waals surface area contributed by atoms with E-state index in [2.05, 4.69) is 21.1 Å². The van der Waals surface area contributed by atoms with Gasteiger partial charge in [-0.2, -0.15) is 9.94 Å². The van der Waals surface area contributed by atoms with Crippen LogP contribution < -0.4 is 5.73 Å². The number of nitrogens with two attached hydrogens (primary N) is 1. The van der Waals surface area contributed by atoms with Crippen LogP contribution in [0.15, 0.2) is 18.3 Å². The lowest BCUT2D eigenvalue weighted by molar-refractivity contribution is 0.679. The molecule has 1 saturated carbocycles. The Hall–Kier alpha value is -1.97. The molecule has 0 spiro atoms. The van der Waals surface area contributed by atoms with Crippen molar-refractivity contribution in [3.8, 4) is 11.9 Å². The van der Waals surface area contributed by atoms with Crippen molar-refractivity contribution in [2.45, 2.75) is 31.7 Å². The Kier molecular flexibility index (Phi) is 4.02. The molecular formula is C13H15ClN6. The van der Waals surface area contributed by atoms with Crippen LogP contribution in [0.4, 0.5) is 0 Å². The van der Waals surface area contributed by atoms with Gasteiger partial charge in [-0.05, 0) is 31.9 Å². The second kappa shape index (κ2) is 5.57. The Bertz CT molecular complexity index is 653. The molecule has 104 valence electrons. The van der Waals surface area contributed by atoms with Crippen molar-refractivity contribution >= 4 is 12.4 Å². The Morgan fingerprint density at radius 3 is 2.85 bits per heavy atom. The fourth-order valence-electron chi connectivity index (χ4n) is 1.96. The van der Waals surface area contributed by atoms with Gasteiger partial charge in [0.15, 0.2) is 17.5 Å². The van der Waals surface area contributed by atoms with Crippen LogP contribution in [0.5, 0.6) is 0 Å². The van der Waals surface area contributed by atoms with Gasteiger partial charge in [0.2, 0.25) is 0 Å². The van der Waals surface area contributed by atoms with Gasteiger partial charge < -0.3 is 5.73 Å². The summed E-state index contributed by atoms with van der Waals surface area (Å²) in [7, 11) is 0. The highest BCUT2D eigenvalue weighted by molar-refractivity contribution is 5.85. The van der Waals surface area contributed by atoms with Crippen LogP contribution in [0.3, 0.4) is 0 Å². The maximum absolute atomic E-state index is 9.15. The molecule has 1 aliphatic rings. The molecule has 7 heteroatoms. The first-order valence-corrected chi connectivity index (χ1v) is 6.28. The highest BCUT2D eigenvalue weighted by Gasteiger charge is 2.30. The molecule has 0 bridgehead atoms. The third kappa shape index (κ3) is 2.50. The molecule has 0 aromatic carbocycles. The van der Waals surface area contributed by atoms with Crippen molar-refractivity contribution in [2.24, 2.45) is 5.73 Å². The number of pyridine rings is 1. The van der Waals surface area contributed by atoms with E-state index >= 15 is 0 Å². The average Bonchev–Trinajstić information content (AvgIpc) is 3.17. The smallest absolute Gasteiger partial charge is 0.173 e. The van der Waals surface area contributed by atoms with Crippen LogP contribution in [0.1, 0.15) is 48.9 Å². The zero-order valence-corrected chi connectivity index (χ0v) is 11.8. The quantitative estimate of drug-likeness (QED) is 0.931. The Morgan fingerprint density at radius 1 is 1.50 bits per heavy atom. The van der Waals surface area contributed by atoms with Crippen molar-refractivity contribution < 1.29 is 0 Å². The molecule has 2 aromatic rings. The normalized spacial score (nSPS) is 15.2. The maximum atomic E-state index is 9.15. The van der Waals surface area contributed by atoms with Crippen molar-refractivity contribution in [3.63, 3.8) is 0 Å². The Morgan fingerprint density at radius 2 is 2.25 bits per heavy atom. The molecule has 2 heterocycles. The molecular weight excluding hydrogens is 276 g/mol. The van der Waals surface area contributed by atoms with Crippen LogP contribution in [-0.4, -0.2) is 19.7 Å². The summed E-state index contributed by atoms with van der Waals surface area (Å²) in [4.78, 5) is 8.74. The van der Waals surface area contributed by atoms with Crippen molar-refractivity contribution in [1.82, 2.24) is 19.7 Å². The molecule has 1 fully saturated rings. The lowest BCUT2D eigenvalue weighted by Crippen LogP contribution is -2.15. The first-order chi connectivity index (χ1) is 9.20. The molecule has 3 rings (SSSR count). The van der Waals surface area contributed by atoms with Gasteiger partial charge in [-0.1, -0.05) is 0 Å². The topological polar surface area (TPSA) is 93.4 Å². The SMILES string of the molecule is C[C@H](N)c1nc(C2CC2)nn1-c1ncccc1C#N.Cl. The van der Waals surface area contributed by atoms with E-state index in [-0.39, 0.29) is 18.4 Å². The number of hydrogen-bond acceptors (Lipinski definition) is 5. The summed E-state index contributed by atoms with van der Waals surface area (Å²) in [6.45, 7) is 1.85. The molecule has 1 aliphatic carbocycles. The van der Waals surface area contributed by atoms with Crippen LogP contribution >= 0.6 is 12.4 Å². The van der Waals surface area contributed by atoms with Gasteiger partial charge in [0.25, 0.3) is 0 Å². The predicted octanol–water partition coefficient (Wildman–Crippen LogP) is 1.85. The molecule has 0 amide bonds. The Labute approximate surface area is 123 Å². The van der Waals surface area contributed by atoms with Crippen molar-refractivity contribution in [3.05, 3.63) is 35.5 Å². The van der Waals surface area contributed by atoms with E-state index in [0.717, 1.165) is 18.7 Å². The molecule has 0 saturated heterocycles. The van der Waals surface area contributed by atoms with Gasteiger partial charge in [-0.25, -0.2) is 9.97 Å². The standard InChI is InChI=1S/C13H14N6.ClH/c1-8(15)12-17-11(9-4-5-9)18-19(12)13-10(7-14)3-2-6-16-13;/h2-3,6,8-9H,4-5,15H2,1H3;1H/t8-;/m0./s1. The number of nitriles is 1. The zero-order valence-electron chi connectivity index (χ0n) is 11.0. The summed E-state index contributed by atoms with van der Waals surface area (Å²) in [6, 6.07) is 5.31. The van der Waals surface area contributed by atoms with Gasteiger partial charge in [0.05, 0.1) is 11.6 Å². The lowest BCUT2D eigenvalue weighted by atomic mass is 10.2. The van der Waals surface area contributed by atoms with E-state index < -0.39 is 0 Å². The van der Waals surface area contributed by atoms with E-state index in [1.165, 1.54) is 0 Å². The summed E-state index contributed by atoms with van der Waals surface area (Å²) in [5.74, 6) is 2.39. The summed E-state index contributed by atoms with van der Waals surface area (Å²) >= 11 is 0. The highest BCUT2D eigenvalue weighted by Crippen LogP contribution is 2.38. The number of halogens is 1. The predicted molar refractivity (Wildman–Crippen MR) is 75.7 cm³/mol. The van der Waals surface area contributed by atoms with Crippen LogP contribution in [0, 0.1) is 11.3 Å². The van der Waals surface area contributed by atoms with Gasteiger partial charge in [0.1, 0.15) is 6.07 Å². The minimum atomic E-state index is -0.256. The first-order valence-electron chi connectivity index (χ1n) is 6.28. The van der Waals surface area contributed by atoms with E-state index in [1.807, 2.05) is 6.92 Å². The second-order valence-electron chi connectivity index (χ2n) is 4.79. The summed E-state index contributed by atoms with van der Waals surface area (Å²) in [5, 5.41) is 13.6. The summed E-state index contributed by atoms with van der Waals surface area (Å²) < 4.78 is 1.61. The van der Waals surface area contributed by atoms with E-state index in [0.29, 0.717) is 23.1 Å². The van der Waals surface area contributed by atoms with Gasteiger partial charge >= 0.3 is 0 Å².